The zero-order valence-electron chi connectivity index (χ0n) is 6.23. The second-order valence-corrected chi connectivity index (χ2v) is 2.61. The lowest BCUT2D eigenvalue weighted by atomic mass is 10.1. The summed E-state index contributed by atoms with van der Waals surface area (Å²) in [5.74, 6) is 0.112. The fraction of sp³-hybridized carbons (Fsp3) is 0.222. The molecule has 0 heterocycles. The monoisotopic (exact) mass is 167 g/mol. The first kappa shape index (κ1) is 8.28. The molecule has 0 aliphatic heterocycles. The van der Waals surface area contributed by atoms with Gasteiger partial charge in [0.25, 0.3) is 0 Å². The summed E-state index contributed by atoms with van der Waals surface area (Å²) in [4.78, 5) is 11.1. The third-order valence-corrected chi connectivity index (χ3v) is 1.63. The van der Waals surface area contributed by atoms with Crippen molar-refractivity contribution in [3.05, 3.63) is 34.9 Å². The van der Waals surface area contributed by atoms with E-state index < -0.39 is 0 Å². The van der Waals surface area contributed by atoms with Crippen LogP contribution >= 0.6 is 11.6 Å². The maximum atomic E-state index is 11.1. The Kier molecular flexibility index (Phi) is 2.66. The van der Waals surface area contributed by atoms with Crippen LogP contribution in [-0.4, -0.2) is 5.78 Å². The summed E-state index contributed by atoms with van der Waals surface area (Å²) in [6.07, 6.45) is 0.514. The minimum atomic E-state index is 0.112. The Morgan fingerprint density at radius 3 is 3.00 bits per heavy atom. The fourth-order valence-corrected chi connectivity index (χ4v) is 0.995. The molecule has 1 aromatic carbocycles. The minimum Gasteiger partial charge on any atom is -0.294 e. The van der Waals surface area contributed by atoms with Crippen LogP contribution in [0.2, 0.25) is 5.02 Å². The molecule has 0 spiro atoms. The van der Waals surface area contributed by atoms with Gasteiger partial charge in [0.1, 0.15) is 0 Å². The van der Waals surface area contributed by atoms with Crippen LogP contribution in [0.5, 0.6) is 0 Å². The number of benzene rings is 1. The highest BCUT2D eigenvalue weighted by Gasteiger charge is 2.01. The average molecular weight is 168 g/mol. The number of carbonyl (C=O) groups excluding carboxylic acids is 1. The standard InChI is InChI=1S/C9H8ClO/c1-2-9(11)7-4-3-5-8(10)6-7/h3-4,6H,2H2,1H3. The van der Waals surface area contributed by atoms with Crippen LogP contribution in [-0.2, 0) is 0 Å². The smallest absolute Gasteiger partial charge is 0.162 e. The summed E-state index contributed by atoms with van der Waals surface area (Å²) >= 11 is 5.64. The van der Waals surface area contributed by atoms with Crippen molar-refractivity contribution in [2.75, 3.05) is 0 Å². The van der Waals surface area contributed by atoms with Gasteiger partial charge in [-0.25, -0.2) is 0 Å². The summed E-state index contributed by atoms with van der Waals surface area (Å²) < 4.78 is 0. The summed E-state index contributed by atoms with van der Waals surface area (Å²) in [5, 5.41) is 0.490. The van der Waals surface area contributed by atoms with E-state index in [2.05, 4.69) is 6.07 Å². The van der Waals surface area contributed by atoms with E-state index in [1.807, 2.05) is 6.92 Å². The van der Waals surface area contributed by atoms with Crippen LogP contribution in [0, 0.1) is 6.07 Å². The van der Waals surface area contributed by atoms with Gasteiger partial charge in [-0.1, -0.05) is 30.7 Å². The first-order valence-electron chi connectivity index (χ1n) is 3.44. The summed E-state index contributed by atoms with van der Waals surface area (Å²) in [6, 6.07) is 7.77. The Labute approximate surface area is 71.0 Å². The van der Waals surface area contributed by atoms with E-state index in [0.717, 1.165) is 0 Å². The molecule has 0 fully saturated rings. The van der Waals surface area contributed by atoms with Crippen LogP contribution < -0.4 is 0 Å². The van der Waals surface area contributed by atoms with Gasteiger partial charge in [-0.2, -0.15) is 0 Å². The maximum Gasteiger partial charge on any atom is 0.162 e. The largest absolute Gasteiger partial charge is 0.294 e. The summed E-state index contributed by atoms with van der Waals surface area (Å²) in [5.41, 5.74) is 0.663. The molecule has 0 aliphatic carbocycles. The lowest BCUT2D eigenvalue weighted by Gasteiger charge is -1.96. The molecule has 1 aromatic rings. The molecule has 1 nitrogen and oxygen atoms in total. The van der Waals surface area contributed by atoms with Crippen LogP contribution in [0.4, 0.5) is 0 Å². The van der Waals surface area contributed by atoms with Gasteiger partial charge in [0, 0.05) is 23.1 Å². The predicted molar refractivity (Wildman–Crippen MR) is 44.9 cm³/mol. The minimum absolute atomic E-state index is 0.112. The lowest BCUT2D eigenvalue weighted by molar-refractivity contribution is 0.0988. The normalized spacial score (nSPS) is 9.64. The topological polar surface area (TPSA) is 17.1 Å². The molecule has 0 saturated carbocycles. The molecule has 1 radical (unpaired) electrons. The highest BCUT2D eigenvalue weighted by Crippen LogP contribution is 2.11. The van der Waals surface area contributed by atoms with E-state index in [-0.39, 0.29) is 5.78 Å². The first-order chi connectivity index (χ1) is 5.24. The van der Waals surface area contributed by atoms with Crippen molar-refractivity contribution in [3.63, 3.8) is 0 Å². The van der Waals surface area contributed by atoms with Crippen molar-refractivity contribution in [3.8, 4) is 0 Å². The van der Waals surface area contributed by atoms with Gasteiger partial charge < -0.3 is 0 Å². The number of Topliss-reactive ketones (excluding diaryl/α,β-unsaturated/α-hetero) is 1. The molecule has 0 aliphatic rings. The molecule has 0 unspecified atom stereocenters. The van der Waals surface area contributed by atoms with Gasteiger partial charge in [-0.05, 0) is 6.07 Å². The van der Waals surface area contributed by atoms with Gasteiger partial charge in [-0.3, -0.25) is 4.79 Å². The third kappa shape index (κ3) is 2.05. The molecule has 1 rings (SSSR count). The molecule has 0 bridgehead atoms. The lowest BCUT2D eigenvalue weighted by Crippen LogP contribution is -1.95. The van der Waals surface area contributed by atoms with Gasteiger partial charge in [0.2, 0.25) is 0 Å². The second kappa shape index (κ2) is 3.54. The number of ketones is 1. The molecule has 2 heteroatoms. The Morgan fingerprint density at radius 1 is 1.73 bits per heavy atom. The Hall–Kier alpha value is -0.820. The molecular weight excluding hydrogens is 160 g/mol. The molecule has 0 N–H and O–H groups in total. The zero-order valence-corrected chi connectivity index (χ0v) is 6.98. The SMILES string of the molecule is CCC(=O)c1cc[c]c(Cl)c1. The van der Waals surface area contributed by atoms with Crippen LogP contribution in [0.3, 0.4) is 0 Å². The van der Waals surface area contributed by atoms with E-state index in [0.29, 0.717) is 17.0 Å². The van der Waals surface area contributed by atoms with E-state index in [1.54, 1.807) is 18.2 Å². The van der Waals surface area contributed by atoms with E-state index in [1.165, 1.54) is 0 Å². The van der Waals surface area contributed by atoms with Crippen LogP contribution in [0.25, 0.3) is 0 Å². The van der Waals surface area contributed by atoms with Gasteiger partial charge >= 0.3 is 0 Å². The molecule has 11 heavy (non-hydrogen) atoms. The Bertz CT molecular complexity index is 268. The van der Waals surface area contributed by atoms with Crippen molar-refractivity contribution in [2.24, 2.45) is 0 Å². The van der Waals surface area contributed by atoms with Crippen molar-refractivity contribution >= 4 is 17.4 Å². The molecule has 0 atom stereocenters. The van der Waals surface area contributed by atoms with Crippen molar-refractivity contribution in [1.29, 1.82) is 0 Å². The maximum absolute atomic E-state index is 11.1. The third-order valence-electron chi connectivity index (χ3n) is 1.41. The second-order valence-electron chi connectivity index (χ2n) is 2.20. The summed E-state index contributed by atoms with van der Waals surface area (Å²) in [7, 11) is 0. The number of rotatable bonds is 2. The van der Waals surface area contributed by atoms with Crippen molar-refractivity contribution in [1.82, 2.24) is 0 Å². The molecule has 57 valence electrons. The number of hydrogen-bond donors (Lipinski definition) is 0. The number of carbonyl (C=O) groups is 1. The van der Waals surface area contributed by atoms with Gasteiger partial charge in [0.05, 0.1) is 0 Å². The predicted octanol–water partition coefficient (Wildman–Crippen LogP) is 2.73. The highest BCUT2D eigenvalue weighted by molar-refractivity contribution is 6.30. The fourth-order valence-electron chi connectivity index (χ4n) is 0.815. The molecule has 0 saturated heterocycles. The van der Waals surface area contributed by atoms with Crippen molar-refractivity contribution < 1.29 is 4.79 Å². The van der Waals surface area contributed by atoms with E-state index in [9.17, 15) is 4.79 Å². The summed E-state index contributed by atoms with van der Waals surface area (Å²) in [6.45, 7) is 1.83. The number of halogens is 1. The number of hydrogen-bond acceptors (Lipinski definition) is 1. The van der Waals surface area contributed by atoms with E-state index >= 15 is 0 Å². The van der Waals surface area contributed by atoms with Gasteiger partial charge in [-0.15, -0.1) is 0 Å². The first-order valence-corrected chi connectivity index (χ1v) is 3.82. The van der Waals surface area contributed by atoms with Crippen molar-refractivity contribution in [2.45, 2.75) is 13.3 Å². The van der Waals surface area contributed by atoms with Gasteiger partial charge in [0.15, 0.2) is 5.78 Å². The van der Waals surface area contributed by atoms with Crippen LogP contribution in [0.15, 0.2) is 18.2 Å². The molecular formula is C9H8ClO. The average Bonchev–Trinajstić information content (AvgIpc) is 2.03. The Balaban J connectivity index is 2.96. The van der Waals surface area contributed by atoms with Crippen LogP contribution in [0.1, 0.15) is 23.7 Å². The van der Waals surface area contributed by atoms with E-state index in [4.69, 9.17) is 11.6 Å². The quantitative estimate of drug-likeness (QED) is 0.619. The highest BCUT2D eigenvalue weighted by atomic mass is 35.5. The molecule has 0 aromatic heterocycles. The molecule has 0 amide bonds. The zero-order chi connectivity index (χ0) is 8.27. The Morgan fingerprint density at radius 2 is 2.45 bits per heavy atom.